The average Bonchev–Trinajstić information content (AvgIpc) is 3.56. The predicted molar refractivity (Wildman–Crippen MR) is 214 cm³/mol. The molecule has 0 bridgehead atoms. The van der Waals surface area contributed by atoms with Gasteiger partial charge in [0.1, 0.15) is 0 Å². The van der Waals surface area contributed by atoms with E-state index < -0.39 is 0 Å². The molecular weight excluding hydrogens is 556 g/mol. The van der Waals surface area contributed by atoms with Crippen LogP contribution in [0.4, 0.5) is 0 Å². The Bertz CT molecular complexity index is 1540. The molecule has 2 heterocycles. The second-order valence-electron chi connectivity index (χ2n) is 12.7. The highest BCUT2D eigenvalue weighted by atomic mass is 15.0. The molecule has 0 atom stereocenters. The number of aryl methyl sites for hydroxylation is 1. The van der Waals surface area contributed by atoms with E-state index in [1.54, 1.807) is 0 Å². The largest absolute Gasteiger partial charge is 0.344 e. The maximum absolute atomic E-state index is 2.45. The van der Waals surface area contributed by atoms with Crippen LogP contribution in [0.2, 0.25) is 0 Å². The van der Waals surface area contributed by atoms with E-state index in [9.17, 15) is 0 Å². The van der Waals surface area contributed by atoms with Gasteiger partial charge in [0.25, 0.3) is 0 Å². The summed E-state index contributed by atoms with van der Waals surface area (Å²) >= 11 is 0. The van der Waals surface area contributed by atoms with Gasteiger partial charge in [0.05, 0.1) is 0 Å². The first-order chi connectivity index (χ1) is 22.0. The van der Waals surface area contributed by atoms with Crippen LogP contribution in [0.25, 0.3) is 43.6 Å². The zero-order valence-electron chi connectivity index (χ0n) is 32.5. The van der Waals surface area contributed by atoms with Crippen LogP contribution >= 0.6 is 0 Å². The molecule has 2 aromatic heterocycles. The summed E-state index contributed by atoms with van der Waals surface area (Å²) in [5, 5.41) is 5.39. The molecule has 0 aliphatic carbocycles. The van der Waals surface area contributed by atoms with Gasteiger partial charge in [-0.25, -0.2) is 0 Å². The van der Waals surface area contributed by atoms with E-state index in [0.29, 0.717) is 5.41 Å². The van der Waals surface area contributed by atoms with E-state index in [1.807, 2.05) is 55.4 Å². The lowest BCUT2D eigenvalue weighted by atomic mass is 9.94. The zero-order valence-corrected chi connectivity index (χ0v) is 32.5. The molecule has 0 saturated carbocycles. The van der Waals surface area contributed by atoms with Gasteiger partial charge in [-0.2, -0.15) is 0 Å². The van der Waals surface area contributed by atoms with Crippen molar-refractivity contribution in [3.63, 3.8) is 0 Å². The smallest absolute Gasteiger partial charge is 0.0491 e. The van der Waals surface area contributed by atoms with Gasteiger partial charge in [0.2, 0.25) is 0 Å². The summed E-state index contributed by atoms with van der Waals surface area (Å²) in [4.78, 5) is 0. The van der Waals surface area contributed by atoms with Crippen LogP contribution in [0.5, 0.6) is 0 Å². The van der Waals surface area contributed by atoms with Gasteiger partial charge in [0.15, 0.2) is 0 Å². The Morgan fingerprint density at radius 1 is 0.413 bits per heavy atom. The molecule has 2 heteroatoms. The summed E-state index contributed by atoms with van der Waals surface area (Å²) in [6.07, 6.45) is 1.27. The molecule has 6 rings (SSSR count). The first-order valence-electron chi connectivity index (χ1n) is 17.9. The highest BCUT2D eigenvalue weighted by Gasteiger charge is 2.16. The van der Waals surface area contributed by atoms with Crippen molar-refractivity contribution >= 4 is 43.6 Å². The Labute approximate surface area is 283 Å². The first-order valence-corrected chi connectivity index (χ1v) is 17.9. The molecule has 0 spiro atoms. The van der Waals surface area contributed by atoms with Gasteiger partial charge in [0, 0.05) is 57.2 Å². The van der Waals surface area contributed by atoms with Gasteiger partial charge in [-0.15, -0.1) is 0 Å². The molecular formula is C44H68N2. The third-order valence-electron chi connectivity index (χ3n) is 7.19. The molecule has 0 aliphatic heterocycles. The van der Waals surface area contributed by atoms with Crippen molar-refractivity contribution in [2.24, 2.45) is 17.9 Å². The molecule has 0 aliphatic rings. The standard InChI is InChI=1S/C17H19N.C13H11N.C6H14.4C2H6/c1-17(2,3)12-18-15-10-6-4-8-13(15)14-9-5-7-11-16(14)18;1-14-12-8-4-2-6-10(12)11-7-3-5-9-13(11)14;1-5-6(2,3)4;4*1-2/h4-11H,12H2,1-3H3;2-9H,1H3;5H2,1-4H3;4*1-2H3. The van der Waals surface area contributed by atoms with E-state index in [-0.39, 0.29) is 5.41 Å². The van der Waals surface area contributed by atoms with E-state index >= 15 is 0 Å². The molecule has 0 fully saturated rings. The lowest BCUT2D eigenvalue weighted by molar-refractivity contribution is 0.354. The second-order valence-corrected chi connectivity index (χ2v) is 12.7. The number of fused-ring (bicyclic) bond motifs is 6. The second kappa shape index (κ2) is 21.3. The summed E-state index contributed by atoms with van der Waals surface area (Å²) in [7, 11) is 2.12. The van der Waals surface area contributed by atoms with Crippen LogP contribution < -0.4 is 0 Å². The van der Waals surface area contributed by atoms with Gasteiger partial charge >= 0.3 is 0 Å². The highest BCUT2D eigenvalue weighted by molar-refractivity contribution is 6.08. The monoisotopic (exact) mass is 625 g/mol. The zero-order chi connectivity index (χ0) is 35.5. The molecule has 0 radical (unpaired) electrons. The van der Waals surface area contributed by atoms with Crippen molar-refractivity contribution in [1.29, 1.82) is 0 Å². The van der Waals surface area contributed by atoms with Crippen molar-refractivity contribution in [3.05, 3.63) is 97.1 Å². The van der Waals surface area contributed by atoms with E-state index in [2.05, 4.69) is 162 Å². The molecule has 254 valence electrons. The Balaban J connectivity index is 0.000000644. The summed E-state index contributed by atoms with van der Waals surface area (Å²) in [5.74, 6) is 0. The van der Waals surface area contributed by atoms with Crippen molar-refractivity contribution in [1.82, 2.24) is 9.13 Å². The fourth-order valence-corrected chi connectivity index (χ4v) is 4.77. The van der Waals surface area contributed by atoms with Crippen molar-refractivity contribution < 1.29 is 0 Å². The Morgan fingerprint density at radius 2 is 0.652 bits per heavy atom. The number of rotatable bonds is 1. The number of benzene rings is 4. The molecule has 0 N–H and O–H groups in total. The molecule has 2 nitrogen and oxygen atoms in total. The summed E-state index contributed by atoms with van der Waals surface area (Å²) < 4.78 is 4.69. The number of hydrogen-bond acceptors (Lipinski definition) is 0. The van der Waals surface area contributed by atoms with Gasteiger partial charge < -0.3 is 9.13 Å². The fourth-order valence-electron chi connectivity index (χ4n) is 4.77. The van der Waals surface area contributed by atoms with E-state index in [4.69, 9.17) is 0 Å². The molecule has 0 unspecified atom stereocenters. The highest BCUT2D eigenvalue weighted by Crippen LogP contribution is 2.31. The summed E-state index contributed by atoms with van der Waals surface area (Å²) in [6.45, 7) is 32.8. The maximum Gasteiger partial charge on any atom is 0.0491 e. The third-order valence-corrected chi connectivity index (χ3v) is 7.19. The minimum absolute atomic E-state index is 0.282. The molecule has 4 aromatic carbocycles. The molecule has 0 saturated heterocycles. The quantitative estimate of drug-likeness (QED) is 0.172. The normalized spacial score (nSPS) is 10.3. The van der Waals surface area contributed by atoms with E-state index in [0.717, 1.165) is 6.54 Å². The molecule has 6 aromatic rings. The van der Waals surface area contributed by atoms with Crippen LogP contribution in [0.15, 0.2) is 97.1 Å². The summed E-state index contributed by atoms with van der Waals surface area (Å²) in [5.41, 5.74) is 6.11. The van der Waals surface area contributed by atoms with E-state index in [1.165, 1.54) is 50.0 Å². The molecule has 46 heavy (non-hydrogen) atoms. The number of hydrogen-bond donors (Lipinski definition) is 0. The predicted octanol–water partition coefficient (Wildman–Crippen LogP) is 14.7. The molecule has 0 amide bonds. The topological polar surface area (TPSA) is 9.86 Å². The van der Waals surface area contributed by atoms with Crippen molar-refractivity contribution in [3.8, 4) is 0 Å². The van der Waals surface area contributed by atoms with Crippen molar-refractivity contribution in [2.45, 2.75) is 117 Å². The number of nitrogens with zero attached hydrogens (tertiary/aromatic N) is 2. The lowest BCUT2D eigenvalue weighted by Gasteiger charge is -2.20. The van der Waals surface area contributed by atoms with Gasteiger partial charge in [-0.1, -0.05) is 183 Å². The maximum atomic E-state index is 2.45. The van der Waals surface area contributed by atoms with Crippen molar-refractivity contribution in [2.75, 3.05) is 0 Å². The average molecular weight is 625 g/mol. The van der Waals surface area contributed by atoms with Gasteiger partial charge in [-0.05, 0) is 35.1 Å². The Morgan fingerprint density at radius 3 is 0.913 bits per heavy atom. The SMILES string of the molecule is CC.CC.CC.CC.CC(C)(C)Cn1c2ccccc2c2ccccc21.CCC(C)(C)C.Cn1c2ccccc2c2ccccc21. The lowest BCUT2D eigenvalue weighted by Crippen LogP contribution is -2.15. The Kier molecular flexibility index (Phi) is 19.7. The van der Waals surface area contributed by atoms with Crippen LogP contribution in [-0.2, 0) is 13.6 Å². The summed E-state index contributed by atoms with van der Waals surface area (Å²) in [6, 6.07) is 34.4. The third kappa shape index (κ3) is 12.0. The minimum atomic E-state index is 0.282. The fraction of sp³-hybridized carbons (Fsp3) is 0.455. The minimum Gasteiger partial charge on any atom is -0.344 e. The van der Waals surface area contributed by atoms with Crippen LogP contribution in [0, 0.1) is 10.8 Å². The number of para-hydroxylation sites is 4. The van der Waals surface area contributed by atoms with Crippen LogP contribution in [-0.4, -0.2) is 9.13 Å². The van der Waals surface area contributed by atoms with Gasteiger partial charge in [-0.3, -0.25) is 0 Å². The van der Waals surface area contributed by atoms with Crippen LogP contribution in [0.3, 0.4) is 0 Å². The Hall–Kier alpha value is -3.52. The first kappa shape index (κ1) is 42.5. The van der Waals surface area contributed by atoms with Crippen LogP contribution in [0.1, 0.15) is 110 Å². The number of aromatic nitrogens is 2.